The van der Waals surface area contributed by atoms with Crippen molar-refractivity contribution in [2.24, 2.45) is 0 Å². The Labute approximate surface area is 121 Å². The van der Waals surface area contributed by atoms with Crippen molar-refractivity contribution in [3.05, 3.63) is 24.3 Å². The van der Waals surface area contributed by atoms with Gasteiger partial charge in [-0.25, -0.2) is 8.42 Å². The van der Waals surface area contributed by atoms with E-state index in [4.69, 9.17) is 4.74 Å². The maximum Gasteiger partial charge on any atom is 0.232 e. The molecule has 0 saturated carbocycles. The first-order valence-electron chi connectivity index (χ1n) is 6.90. The van der Waals surface area contributed by atoms with E-state index in [2.05, 4.69) is 10.0 Å². The van der Waals surface area contributed by atoms with Crippen LogP contribution in [-0.4, -0.2) is 33.4 Å². The van der Waals surface area contributed by atoms with Gasteiger partial charge in [-0.1, -0.05) is 26.0 Å². The van der Waals surface area contributed by atoms with Gasteiger partial charge in [-0.05, 0) is 32.0 Å². The van der Waals surface area contributed by atoms with Gasteiger partial charge < -0.3 is 10.1 Å². The third-order valence-corrected chi connectivity index (χ3v) is 3.95. The SMILES string of the molecule is CCOc1ccccc1NS(=O)(=O)CCCNC(C)C. The predicted octanol–water partition coefficient (Wildman–Crippen LogP) is 2.22. The lowest BCUT2D eigenvalue weighted by atomic mass is 10.3. The zero-order valence-electron chi connectivity index (χ0n) is 12.3. The molecular formula is C14H24N2O3S. The van der Waals surface area contributed by atoms with Crippen LogP contribution in [0, 0.1) is 0 Å². The number of rotatable bonds is 9. The van der Waals surface area contributed by atoms with E-state index in [1.54, 1.807) is 18.2 Å². The van der Waals surface area contributed by atoms with E-state index in [1.807, 2.05) is 26.8 Å². The molecule has 0 heterocycles. The van der Waals surface area contributed by atoms with Crippen LogP contribution in [0.4, 0.5) is 5.69 Å². The fraction of sp³-hybridized carbons (Fsp3) is 0.571. The van der Waals surface area contributed by atoms with Gasteiger partial charge in [0.25, 0.3) is 0 Å². The molecule has 1 aromatic rings. The lowest BCUT2D eigenvalue weighted by Crippen LogP contribution is -2.26. The smallest absolute Gasteiger partial charge is 0.232 e. The first-order valence-corrected chi connectivity index (χ1v) is 8.55. The van der Waals surface area contributed by atoms with E-state index in [1.165, 1.54) is 0 Å². The van der Waals surface area contributed by atoms with Crippen LogP contribution in [-0.2, 0) is 10.0 Å². The summed E-state index contributed by atoms with van der Waals surface area (Å²) in [5.74, 6) is 0.645. The van der Waals surface area contributed by atoms with Crippen LogP contribution >= 0.6 is 0 Å². The van der Waals surface area contributed by atoms with Crippen molar-refractivity contribution in [1.82, 2.24) is 5.32 Å². The van der Waals surface area contributed by atoms with Crippen molar-refractivity contribution in [1.29, 1.82) is 0 Å². The Hall–Kier alpha value is -1.27. The second-order valence-corrected chi connectivity index (χ2v) is 6.65. The molecule has 0 bridgehead atoms. The van der Waals surface area contributed by atoms with Gasteiger partial charge in [-0.3, -0.25) is 4.72 Å². The van der Waals surface area contributed by atoms with Crippen molar-refractivity contribution in [3.63, 3.8) is 0 Å². The highest BCUT2D eigenvalue weighted by Gasteiger charge is 2.13. The number of nitrogens with one attached hydrogen (secondary N) is 2. The van der Waals surface area contributed by atoms with Gasteiger partial charge >= 0.3 is 0 Å². The summed E-state index contributed by atoms with van der Waals surface area (Å²) in [4.78, 5) is 0. The Bertz CT molecular complexity index is 501. The summed E-state index contributed by atoms with van der Waals surface area (Å²) in [6, 6.07) is 7.41. The summed E-state index contributed by atoms with van der Waals surface area (Å²) >= 11 is 0. The lowest BCUT2D eigenvalue weighted by Gasteiger charge is -2.13. The summed E-state index contributed by atoms with van der Waals surface area (Å²) < 4.78 is 32.0. The minimum absolute atomic E-state index is 0.0905. The highest BCUT2D eigenvalue weighted by molar-refractivity contribution is 7.92. The molecule has 114 valence electrons. The standard InChI is InChI=1S/C14H24N2O3S/c1-4-19-14-9-6-5-8-13(14)16-20(17,18)11-7-10-15-12(2)3/h5-6,8-9,12,15-16H,4,7,10-11H2,1-3H3. The Kier molecular flexibility index (Phi) is 6.81. The van der Waals surface area contributed by atoms with Gasteiger partial charge in [0, 0.05) is 6.04 Å². The van der Waals surface area contributed by atoms with E-state index in [9.17, 15) is 8.42 Å². The van der Waals surface area contributed by atoms with Crippen molar-refractivity contribution < 1.29 is 13.2 Å². The molecule has 0 spiro atoms. The van der Waals surface area contributed by atoms with Crippen LogP contribution in [0.15, 0.2) is 24.3 Å². The maximum absolute atomic E-state index is 12.0. The molecule has 0 radical (unpaired) electrons. The molecule has 0 aromatic heterocycles. The van der Waals surface area contributed by atoms with Crippen LogP contribution < -0.4 is 14.8 Å². The van der Waals surface area contributed by atoms with E-state index in [0.717, 1.165) is 0 Å². The number of benzene rings is 1. The number of hydrogen-bond donors (Lipinski definition) is 2. The highest BCUT2D eigenvalue weighted by Crippen LogP contribution is 2.24. The van der Waals surface area contributed by atoms with E-state index in [0.29, 0.717) is 37.1 Å². The average molecular weight is 300 g/mol. The summed E-state index contributed by atoms with van der Waals surface area (Å²) in [7, 11) is -3.34. The lowest BCUT2D eigenvalue weighted by molar-refractivity contribution is 0.342. The molecule has 0 fully saturated rings. The van der Waals surface area contributed by atoms with Crippen molar-refractivity contribution in [2.75, 3.05) is 23.6 Å². The summed E-state index contributed by atoms with van der Waals surface area (Å²) in [5.41, 5.74) is 0.492. The van der Waals surface area contributed by atoms with E-state index < -0.39 is 10.0 Å². The Balaban J connectivity index is 2.57. The molecule has 0 saturated heterocycles. The highest BCUT2D eigenvalue weighted by atomic mass is 32.2. The minimum Gasteiger partial charge on any atom is -0.492 e. The predicted molar refractivity (Wildman–Crippen MR) is 82.8 cm³/mol. The normalized spacial score (nSPS) is 11.6. The molecular weight excluding hydrogens is 276 g/mol. The Morgan fingerprint density at radius 2 is 1.95 bits per heavy atom. The fourth-order valence-electron chi connectivity index (χ4n) is 1.70. The molecule has 2 N–H and O–H groups in total. The molecule has 0 amide bonds. The first-order chi connectivity index (χ1) is 9.44. The summed E-state index contributed by atoms with van der Waals surface area (Å²) in [6.07, 6.45) is 0.574. The summed E-state index contributed by atoms with van der Waals surface area (Å²) in [5, 5.41) is 3.20. The van der Waals surface area contributed by atoms with E-state index in [-0.39, 0.29) is 5.75 Å². The van der Waals surface area contributed by atoms with E-state index >= 15 is 0 Å². The maximum atomic E-state index is 12.0. The van der Waals surface area contributed by atoms with Crippen molar-refractivity contribution in [3.8, 4) is 5.75 Å². The molecule has 6 heteroatoms. The summed E-state index contributed by atoms with van der Waals surface area (Å²) in [6.45, 7) is 7.11. The fourth-order valence-corrected chi connectivity index (χ4v) is 2.83. The Morgan fingerprint density at radius 3 is 2.60 bits per heavy atom. The van der Waals surface area contributed by atoms with Crippen molar-refractivity contribution in [2.45, 2.75) is 33.2 Å². The second kappa shape index (κ2) is 8.11. The van der Waals surface area contributed by atoms with Crippen LogP contribution in [0.2, 0.25) is 0 Å². The third-order valence-electron chi connectivity index (χ3n) is 2.59. The van der Waals surface area contributed by atoms with Crippen LogP contribution in [0.1, 0.15) is 27.2 Å². The first kappa shape index (κ1) is 16.8. The van der Waals surface area contributed by atoms with Crippen molar-refractivity contribution >= 4 is 15.7 Å². The molecule has 0 aliphatic rings. The van der Waals surface area contributed by atoms with Gasteiger partial charge in [0.15, 0.2) is 0 Å². The monoisotopic (exact) mass is 300 g/mol. The van der Waals surface area contributed by atoms with Gasteiger partial charge in [0.1, 0.15) is 5.75 Å². The zero-order chi connectivity index (χ0) is 15.0. The minimum atomic E-state index is -3.34. The number of anilines is 1. The molecule has 20 heavy (non-hydrogen) atoms. The molecule has 5 nitrogen and oxygen atoms in total. The quantitative estimate of drug-likeness (QED) is 0.686. The number of hydrogen-bond acceptors (Lipinski definition) is 4. The number of ether oxygens (including phenoxy) is 1. The van der Waals surface area contributed by atoms with Crippen LogP contribution in [0.3, 0.4) is 0 Å². The number of para-hydroxylation sites is 2. The molecule has 0 atom stereocenters. The van der Waals surface area contributed by atoms with Crippen LogP contribution in [0.25, 0.3) is 0 Å². The molecule has 0 aliphatic carbocycles. The van der Waals surface area contributed by atoms with Gasteiger partial charge in [-0.15, -0.1) is 0 Å². The molecule has 1 aromatic carbocycles. The largest absolute Gasteiger partial charge is 0.492 e. The number of sulfonamides is 1. The zero-order valence-corrected chi connectivity index (χ0v) is 13.2. The molecule has 0 aliphatic heterocycles. The second-order valence-electron chi connectivity index (χ2n) is 4.81. The molecule has 1 rings (SSSR count). The van der Waals surface area contributed by atoms with Gasteiger partial charge in [0.2, 0.25) is 10.0 Å². The molecule has 0 unspecified atom stereocenters. The Morgan fingerprint density at radius 1 is 1.25 bits per heavy atom. The topological polar surface area (TPSA) is 67.4 Å². The van der Waals surface area contributed by atoms with Gasteiger partial charge in [-0.2, -0.15) is 0 Å². The third kappa shape index (κ3) is 6.25. The van der Waals surface area contributed by atoms with Crippen LogP contribution in [0.5, 0.6) is 5.75 Å². The average Bonchev–Trinajstić information content (AvgIpc) is 2.37. The van der Waals surface area contributed by atoms with Gasteiger partial charge in [0.05, 0.1) is 18.0 Å².